The number of benzene rings is 2. The molecule has 6 nitrogen and oxygen atoms in total. The molecule has 0 unspecified atom stereocenters. The van der Waals surface area contributed by atoms with Crippen molar-refractivity contribution in [2.24, 2.45) is 0 Å². The number of nitrogens with zero attached hydrogens (tertiary/aromatic N) is 1. The standard InChI is InChI=1S/C18H20ClN3O3S/c19-16-9-8-15(12-17(16)26(24,25)22-10-4-5-11-22)21-18(23)13-20-14-6-2-1-3-7-14/h1-3,6-9,12,20H,4-5,10-11,13H2,(H,21,23). The average molecular weight is 394 g/mol. The number of rotatable bonds is 6. The molecule has 2 N–H and O–H groups in total. The van der Waals surface area contributed by atoms with E-state index in [1.807, 2.05) is 30.3 Å². The molecule has 1 amide bonds. The van der Waals surface area contributed by atoms with Gasteiger partial charge in [-0.3, -0.25) is 4.79 Å². The average Bonchev–Trinajstić information content (AvgIpc) is 3.18. The molecule has 1 aliphatic heterocycles. The zero-order valence-electron chi connectivity index (χ0n) is 14.1. The Bertz CT molecular complexity index is 882. The van der Waals surface area contributed by atoms with Crippen molar-refractivity contribution >= 4 is 38.9 Å². The van der Waals surface area contributed by atoms with E-state index in [1.165, 1.54) is 16.4 Å². The summed E-state index contributed by atoms with van der Waals surface area (Å²) in [6, 6.07) is 13.8. The van der Waals surface area contributed by atoms with Gasteiger partial charge in [0.2, 0.25) is 15.9 Å². The first-order valence-corrected chi connectivity index (χ1v) is 10.2. The summed E-state index contributed by atoms with van der Waals surface area (Å²) in [5, 5.41) is 5.85. The minimum absolute atomic E-state index is 0.0230. The number of hydrogen-bond donors (Lipinski definition) is 2. The van der Waals surface area contributed by atoms with Gasteiger partial charge in [0.1, 0.15) is 4.90 Å². The number of para-hydroxylation sites is 1. The third kappa shape index (κ3) is 4.35. The molecular formula is C18H20ClN3O3S. The molecule has 0 atom stereocenters. The van der Waals surface area contributed by atoms with E-state index >= 15 is 0 Å². The lowest BCUT2D eigenvalue weighted by Gasteiger charge is -2.17. The van der Waals surface area contributed by atoms with Crippen molar-refractivity contribution in [2.75, 3.05) is 30.3 Å². The van der Waals surface area contributed by atoms with Gasteiger partial charge in [0.25, 0.3) is 0 Å². The SMILES string of the molecule is O=C(CNc1ccccc1)Nc1ccc(Cl)c(S(=O)(=O)N2CCCC2)c1. The van der Waals surface area contributed by atoms with Gasteiger partial charge in [-0.25, -0.2) is 8.42 Å². The molecule has 0 saturated carbocycles. The van der Waals surface area contributed by atoms with Gasteiger partial charge < -0.3 is 10.6 Å². The molecule has 138 valence electrons. The predicted molar refractivity (Wildman–Crippen MR) is 103 cm³/mol. The van der Waals surface area contributed by atoms with Crippen LogP contribution < -0.4 is 10.6 Å². The Hall–Kier alpha value is -2.09. The Morgan fingerprint density at radius 3 is 2.42 bits per heavy atom. The van der Waals surface area contributed by atoms with Crippen LogP contribution in [0.4, 0.5) is 11.4 Å². The topological polar surface area (TPSA) is 78.5 Å². The fourth-order valence-corrected chi connectivity index (χ4v) is 4.81. The molecular weight excluding hydrogens is 374 g/mol. The predicted octanol–water partition coefficient (Wildman–Crippen LogP) is 3.18. The second-order valence-corrected chi connectivity index (χ2v) is 8.34. The molecule has 0 bridgehead atoms. The van der Waals surface area contributed by atoms with Crippen molar-refractivity contribution in [1.82, 2.24) is 4.31 Å². The Labute approximate surface area is 158 Å². The zero-order valence-corrected chi connectivity index (χ0v) is 15.7. The lowest BCUT2D eigenvalue weighted by Crippen LogP contribution is -2.28. The van der Waals surface area contributed by atoms with Gasteiger partial charge in [-0.1, -0.05) is 29.8 Å². The summed E-state index contributed by atoms with van der Waals surface area (Å²) < 4.78 is 26.9. The highest BCUT2D eigenvalue weighted by Crippen LogP contribution is 2.29. The van der Waals surface area contributed by atoms with E-state index in [4.69, 9.17) is 11.6 Å². The van der Waals surface area contributed by atoms with Crippen LogP contribution in [0.1, 0.15) is 12.8 Å². The molecule has 0 aromatic heterocycles. The number of sulfonamides is 1. The third-order valence-corrected chi connectivity index (χ3v) is 6.50. The number of hydrogen-bond acceptors (Lipinski definition) is 4. The van der Waals surface area contributed by atoms with Crippen molar-refractivity contribution in [3.63, 3.8) is 0 Å². The van der Waals surface area contributed by atoms with E-state index in [-0.39, 0.29) is 22.4 Å². The van der Waals surface area contributed by atoms with E-state index < -0.39 is 10.0 Å². The molecule has 1 heterocycles. The molecule has 2 aromatic rings. The lowest BCUT2D eigenvalue weighted by atomic mass is 10.3. The first kappa shape index (κ1) is 18.7. The molecule has 3 rings (SSSR count). The van der Waals surface area contributed by atoms with Gasteiger partial charge in [0.15, 0.2) is 0 Å². The first-order valence-electron chi connectivity index (χ1n) is 8.35. The molecule has 8 heteroatoms. The minimum Gasteiger partial charge on any atom is -0.376 e. The van der Waals surface area contributed by atoms with Crippen LogP contribution in [0.25, 0.3) is 0 Å². The van der Waals surface area contributed by atoms with Gasteiger partial charge in [0, 0.05) is 24.5 Å². The van der Waals surface area contributed by atoms with Gasteiger partial charge in [-0.2, -0.15) is 4.31 Å². The van der Waals surface area contributed by atoms with E-state index in [2.05, 4.69) is 10.6 Å². The van der Waals surface area contributed by atoms with E-state index in [9.17, 15) is 13.2 Å². The van der Waals surface area contributed by atoms with Gasteiger partial charge in [0.05, 0.1) is 11.6 Å². The summed E-state index contributed by atoms with van der Waals surface area (Å²) in [6.07, 6.45) is 1.69. The van der Waals surface area contributed by atoms with Crippen molar-refractivity contribution in [2.45, 2.75) is 17.7 Å². The molecule has 0 aliphatic carbocycles. The quantitative estimate of drug-likeness (QED) is 0.790. The van der Waals surface area contributed by atoms with Crippen molar-refractivity contribution in [3.8, 4) is 0 Å². The van der Waals surface area contributed by atoms with Crippen molar-refractivity contribution in [3.05, 3.63) is 53.6 Å². The number of halogens is 1. The smallest absolute Gasteiger partial charge is 0.244 e. The molecule has 0 spiro atoms. The molecule has 1 aliphatic rings. The Balaban J connectivity index is 1.70. The van der Waals surface area contributed by atoms with Crippen LogP contribution >= 0.6 is 11.6 Å². The van der Waals surface area contributed by atoms with Crippen LogP contribution in [0.3, 0.4) is 0 Å². The van der Waals surface area contributed by atoms with Gasteiger partial charge in [-0.15, -0.1) is 0 Å². The van der Waals surface area contributed by atoms with E-state index in [0.29, 0.717) is 18.8 Å². The van der Waals surface area contributed by atoms with E-state index in [0.717, 1.165) is 18.5 Å². The van der Waals surface area contributed by atoms with Crippen molar-refractivity contribution < 1.29 is 13.2 Å². The summed E-state index contributed by atoms with van der Waals surface area (Å²) in [7, 11) is -3.65. The van der Waals surface area contributed by atoms with Crippen molar-refractivity contribution in [1.29, 1.82) is 0 Å². The number of anilines is 2. The Morgan fingerprint density at radius 1 is 1.04 bits per heavy atom. The molecule has 1 saturated heterocycles. The Kier molecular flexibility index (Phi) is 5.80. The van der Waals surface area contributed by atoms with Crippen LogP contribution in [0, 0.1) is 0 Å². The summed E-state index contributed by atoms with van der Waals surface area (Å²) in [6.45, 7) is 1.06. The summed E-state index contributed by atoms with van der Waals surface area (Å²) >= 11 is 6.11. The zero-order chi connectivity index (χ0) is 18.6. The highest BCUT2D eigenvalue weighted by atomic mass is 35.5. The van der Waals surface area contributed by atoms with Crippen LogP contribution in [0.15, 0.2) is 53.4 Å². The normalized spacial score (nSPS) is 15.0. The fraction of sp³-hybridized carbons (Fsp3) is 0.278. The van der Waals surface area contributed by atoms with Crippen LogP contribution in [0.2, 0.25) is 5.02 Å². The summed E-state index contributed by atoms with van der Waals surface area (Å²) in [5.41, 5.74) is 1.23. The summed E-state index contributed by atoms with van der Waals surface area (Å²) in [4.78, 5) is 12.1. The number of amides is 1. The van der Waals surface area contributed by atoms with Crippen LogP contribution in [0.5, 0.6) is 0 Å². The largest absolute Gasteiger partial charge is 0.376 e. The lowest BCUT2D eigenvalue weighted by molar-refractivity contribution is -0.114. The van der Waals surface area contributed by atoms with Crippen LogP contribution in [-0.4, -0.2) is 38.3 Å². The minimum atomic E-state index is -3.65. The highest BCUT2D eigenvalue weighted by molar-refractivity contribution is 7.89. The van der Waals surface area contributed by atoms with Gasteiger partial charge >= 0.3 is 0 Å². The first-order chi connectivity index (χ1) is 12.5. The van der Waals surface area contributed by atoms with Gasteiger partial charge in [-0.05, 0) is 43.2 Å². The van der Waals surface area contributed by atoms with E-state index in [1.54, 1.807) is 6.07 Å². The second-order valence-electron chi connectivity index (χ2n) is 6.02. The molecule has 0 radical (unpaired) electrons. The molecule has 26 heavy (non-hydrogen) atoms. The fourth-order valence-electron chi connectivity index (χ4n) is 2.79. The van der Waals surface area contributed by atoms with Crippen LogP contribution in [-0.2, 0) is 14.8 Å². The number of carbonyl (C=O) groups excluding carboxylic acids is 1. The maximum absolute atomic E-state index is 12.7. The Morgan fingerprint density at radius 2 is 1.73 bits per heavy atom. The highest BCUT2D eigenvalue weighted by Gasteiger charge is 2.29. The summed E-state index contributed by atoms with van der Waals surface area (Å²) in [5.74, 6) is -0.277. The molecule has 1 fully saturated rings. The maximum Gasteiger partial charge on any atom is 0.244 e. The second kappa shape index (κ2) is 8.07. The third-order valence-electron chi connectivity index (χ3n) is 4.12. The molecule has 2 aromatic carbocycles. The number of nitrogens with one attached hydrogen (secondary N) is 2. The monoisotopic (exact) mass is 393 g/mol. The number of carbonyl (C=O) groups is 1. The maximum atomic E-state index is 12.7.